The van der Waals surface area contributed by atoms with Crippen molar-refractivity contribution in [2.45, 2.75) is 76.0 Å². The molecule has 3 aliphatic rings. The normalized spacial score (nSPS) is 22.4. The molecule has 14 heteroatoms. The Morgan fingerprint density at radius 3 is 2.22 bits per heavy atom. The molecule has 1 amide bonds. The lowest BCUT2D eigenvalue weighted by Crippen LogP contribution is -2.38. The van der Waals surface area contributed by atoms with Gasteiger partial charge in [0.25, 0.3) is 0 Å². The third-order valence-electron chi connectivity index (χ3n) is 10.00. The smallest absolute Gasteiger partial charge is 0.416 e. The minimum Gasteiger partial charge on any atom is -0.496 e. The number of pyridine rings is 1. The molecular weight excluding hydrogens is 668 g/mol. The molecule has 2 aliphatic heterocycles. The van der Waals surface area contributed by atoms with Crippen molar-refractivity contribution in [1.29, 1.82) is 0 Å². The number of esters is 1. The van der Waals surface area contributed by atoms with Crippen molar-refractivity contribution in [3.63, 3.8) is 0 Å². The number of hydrogen-bond acceptors (Lipinski definition) is 7. The second kappa shape index (κ2) is 13.7. The van der Waals surface area contributed by atoms with Gasteiger partial charge in [0, 0.05) is 30.6 Å². The molecule has 4 unspecified atom stereocenters. The number of methoxy groups -OCH3 is 2. The Bertz CT molecular complexity index is 1730. The van der Waals surface area contributed by atoms with Crippen molar-refractivity contribution < 1.29 is 50.1 Å². The van der Waals surface area contributed by atoms with E-state index >= 15 is 0 Å². The molecule has 8 nitrogen and oxygen atoms in total. The van der Waals surface area contributed by atoms with Crippen molar-refractivity contribution in [2.75, 3.05) is 32.2 Å². The van der Waals surface area contributed by atoms with E-state index in [4.69, 9.17) is 19.2 Å². The van der Waals surface area contributed by atoms with Gasteiger partial charge in [-0.2, -0.15) is 26.3 Å². The molecule has 1 aromatic heterocycles. The van der Waals surface area contributed by atoms with Crippen molar-refractivity contribution in [2.24, 2.45) is 5.92 Å². The number of anilines is 1. The maximum atomic E-state index is 13.7. The minimum atomic E-state index is -5.05. The van der Waals surface area contributed by atoms with Crippen LogP contribution in [0.15, 0.2) is 48.5 Å². The van der Waals surface area contributed by atoms with Crippen LogP contribution in [0.2, 0.25) is 0 Å². The monoisotopic (exact) mass is 705 g/mol. The molecule has 1 aliphatic carbocycles. The van der Waals surface area contributed by atoms with Crippen LogP contribution in [-0.4, -0.2) is 55.3 Å². The number of amides is 1. The number of carbonyl (C=O) groups excluding carboxylic acids is 2. The predicted molar refractivity (Wildman–Crippen MR) is 170 cm³/mol. The van der Waals surface area contributed by atoms with Gasteiger partial charge in [0.2, 0.25) is 0 Å². The zero-order chi connectivity index (χ0) is 36.0. The summed E-state index contributed by atoms with van der Waals surface area (Å²) in [5.41, 5.74) is -0.506. The van der Waals surface area contributed by atoms with Crippen LogP contribution in [0.5, 0.6) is 5.75 Å². The van der Waals surface area contributed by atoms with Gasteiger partial charge in [0.15, 0.2) is 0 Å². The molecule has 4 atom stereocenters. The fourth-order valence-electron chi connectivity index (χ4n) is 7.11. The molecule has 3 fully saturated rings. The first-order chi connectivity index (χ1) is 23.7. The first-order valence-corrected chi connectivity index (χ1v) is 16.4. The van der Waals surface area contributed by atoms with Crippen LogP contribution >= 0.6 is 0 Å². The summed E-state index contributed by atoms with van der Waals surface area (Å²) < 4.78 is 98.0. The quantitative estimate of drug-likeness (QED) is 0.163. The number of rotatable bonds is 9. The molecule has 1 saturated carbocycles. The molecule has 6 rings (SSSR count). The lowest BCUT2D eigenvalue weighted by atomic mass is 9.91. The highest BCUT2D eigenvalue weighted by Gasteiger charge is 2.44. The van der Waals surface area contributed by atoms with E-state index < -0.39 is 47.3 Å². The van der Waals surface area contributed by atoms with Crippen LogP contribution in [0.4, 0.5) is 37.0 Å². The maximum absolute atomic E-state index is 13.7. The topological polar surface area (TPSA) is 81.2 Å². The van der Waals surface area contributed by atoms with E-state index in [1.54, 1.807) is 0 Å². The van der Waals surface area contributed by atoms with Crippen molar-refractivity contribution in [3.05, 3.63) is 76.5 Å². The molecule has 0 spiro atoms. The van der Waals surface area contributed by atoms with E-state index in [1.807, 2.05) is 30.3 Å². The summed E-state index contributed by atoms with van der Waals surface area (Å²) in [6.45, 7) is 2.98. The fourth-order valence-corrected chi connectivity index (χ4v) is 7.11. The number of cyclic esters (lactones) is 1. The Kier molecular flexibility index (Phi) is 9.66. The standard InChI is InChI=1S/C36H37F6N3O5/c1-20-33(24-15-25(35(37,38)39)18-26(16-24)36(40,41)42)50-34(47)45(20)19-29-27(8-10-31(43-29)44-11-4-12-44)28-17-23(7-9-30(28)48-2)22-6-5-21(13-22)14-32(46)49-3/h7-10,15-18,20-22,33H,4-6,11-14,19H2,1-3H3. The van der Waals surface area contributed by atoms with E-state index in [9.17, 15) is 35.9 Å². The van der Waals surface area contributed by atoms with Gasteiger partial charge < -0.3 is 19.1 Å². The summed E-state index contributed by atoms with van der Waals surface area (Å²) in [5.74, 6) is 1.38. The Hall–Kier alpha value is -4.49. The summed E-state index contributed by atoms with van der Waals surface area (Å²) in [4.78, 5) is 33.5. The molecular formula is C36H37F6N3O5. The average molecular weight is 706 g/mol. The fraction of sp³-hybridized carbons (Fsp3) is 0.472. The van der Waals surface area contributed by atoms with Crippen molar-refractivity contribution in [1.82, 2.24) is 9.88 Å². The maximum Gasteiger partial charge on any atom is 0.416 e. The first kappa shape index (κ1) is 35.3. The van der Waals surface area contributed by atoms with Crippen molar-refractivity contribution >= 4 is 17.9 Å². The molecule has 3 aromatic rings. The lowest BCUT2D eigenvalue weighted by Gasteiger charge is -2.33. The summed E-state index contributed by atoms with van der Waals surface area (Å²) in [5, 5.41) is 0. The number of hydrogen-bond donors (Lipinski definition) is 0. The van der Waals surface area contributed by atoms with Crippen LogP contribution in [0.3, 0.4) is 0 Å². The second-order valence-corrected chi connectivity index (χ2v) is 13.1. The Morgan fingerprint density at radius 1 is 0.920 bits per heavy atom. The molecule has 3 heterocycles. The summed E-state index contributed by atoms with van der Waals surface area (Å²) in [6.07, 6.45) is -8.47. The number of nitrogens with zero attached hydrogens (tertiary/aromatic N) is 3. The number of halogens is 6. The highest BCUT2D eigenvalue weighted by atomic mass is 19.4. The van der Waals surface area contributed by atoms with Gasteiger partial charge in [0.1, 0.15) is 17.7 Å². The second-order valence-electron chi connectivity index (χ2n) is 13.1. The van der Waals surface area contributed by atoms with Crippen LogP contribution in [0.25, 0.3) is 11.1 Å². The van der Waals surface area contributed by atoms with Crippen LogP contribution in [0, 0.1) is 5.92 Å². The van der Waals surface area contributed by atoms with Gasteiger partial charge >= 0.3 is 24.4 Å². The Labute approximate surface area is 285 Å². The summed E-state index contributed by atoms with van der Waals surface area (Å²) >= 11 is 0. The predicted octanol–water partition coefficient (Wildman–Crippen LogP) is 8.53. The SMILES string of the molecule is COC(=O)CC1CCC(c2ccc(OC)c(-c3ccc(N4CCC4)nc3CN3C(=O)OC(c4cc(C(F)(F)F)cc(C(F)(F)F)c4)C3C)c2)C1. The number of ether oxygens (including phenoxy) is 3. The van der Waals surface area contributed by atoms with E-state index in [2.05, 4.69) is 4.90 Å². The highest BCUT2D eigenvalue weighted by molar-refractivity contribution is 5.76. The van der Waals surface area contributed by atoms with Gasteiger partial charge in [0.05, 0.1) is 43.6 Å². The average Bonchev–Trinajstić information content (AvgIpc) is 3.62. The van der Waals surface area contributed by atoms with Gasteiger partial charge in [-0.15, -0.1) is 0 Å². The highest BCUT2D eigenvalue weighted by Crippen LogP contribution is 2.45. The van der Waals surface area contributed by atoms with Gasteiger partial charge in [-0.1, -0.05) is 6.07 Å². The van der Waals surface area contributed by atoms with E-state index in [0.717, 1.165) is 44.3 Å². The molecule has 268 valence electrons. The van der Waals surface area contributed by atoms with Crippen LogP contribution in [-0.2, 0) is 33.2 Å². The van der Waals surface area contributed by atoms with Crippen LogP contribution < -0.4 is 9.64 Å². The van der Waals surface area contributed by atoms with E-state index in [0.29, 0.717) is 46.9 Å². The molecule has 0 radical (unpaired) electrons. The number of alkyl halides is 6. The minimum absolute atomic E-state index is 0.0482. The number of aromatic nitrogens is 1. The molecule has 0 bridgehead atoms. The van der Waals surface area contributed by atoms with Gasteiger partial charge in [-0.05, 0) is 98.0 Å². The zero-order valence-corrected chi connectivity index (χ0v) is 27.7. The van der Waals surface area contributed by atoms with Gasteiger partial charge in [-0.3, -0.25) is 9.69 Å². The third-order valence-corrected chi connectivity index (χ3v) is 10.00. The van der Waals surface area contributed by atoms with Gasteiger partial charge in [-0.25, -0.2) is 9.78 Å². The molecule has 2 saturated heterocycles. The molecule has 0 N–H and O–H groups in total. The molecule has 50 heavy (non-hydrogen) atoms. The Balaban J connectivity index is 1.34. The van der Waals surface area contributed by atoms with Crippen molar-refractivity contribution in [3.8, 4) is 16.9 Å². The number of benzene rings is 2. The summed E-state index contributed by atoms with van der Waals surface area (Å²) in [7, 11) is 2.91. The lowest BCUT2D eigenvalue weighted by molar-refractivity contribution is -0.143. The summed E-state index contributed by atoms with van der Waals surface area (Å²) in [6, 6.07) is 9.93. The largest absolute Gasteiger partial charge is 0.496 e. The Morgan fingerprint density at radius 2 is 1.62 bits per heavy atom. The van der Waals surface area contributed by atoms with E-state index in [-0.39, 0.29) is 30.4 Å². The third kappa shape index (κ3) is 7.20. The first-order valence-electron chi connectivity index (χ1n) is 16.4. The zero-order valence-electron chi connectivity index (χ0n) is 27.7. The number of carbonyl (C=O) groups is 2. The van der Waals surface area contributed by atoms with E-state index in [1.165, 1.54) is 26.0 Å². The van der Waals surface area contributed by atoms with Crippen LogP contribution in [0.1, 0.15) is 79.0 Å². The molecule has 2 aromatic carbocycles.